The number of benzene rings is 1. The van der Waals surface area contributed by atoms with E-state index < -0.39 is 32.6 Å². The van der Waals surface area contributed by atoms with Crippen molar-refractivity contribution in [3.63, 3.8) is 0 Å². The van der Waals surface area contributed by atoms with Crippen molar-refractivity contribution in [1.82, 2.24) is 0 Å². The van der Waals surface area contributed by atoms with Crippen molar-refractivity contribution < 1.29 is 19.7 Å². The number of hydrogen-bond acceptors (Lipinski definition) is 6. The van der Waals surface area contributed by atoms with Crippen molar-refractivity contribution in [3.8, 4) is 11.5 Å². The highest BCUT2D eigenvalue weighted by Gasteiger charge is 2.42. The lowest BCUT2D eigenvalue weighted by molar-refractivity contribution is -0.397. The molecule has 0 saturated carbocycles. The predicted molar refractivity (Wildman–Crippen MR) is 138 cm³/mol. The van der Waals surface area contributed by atoms with Crippen molar-refractivity contribution in [2.75, 3.05) is 0 Å². The molecule has 1 aromatic carbocycles. The first-order valence-electron chi connectivity index (χ1n) is 13.2. The molecule has 0 radical (unpaired) electrons. The van der Waals surface area contributed by atoms with Crippen molar-refractivity contribution in [3.05, 3.63) is 31.4 Å². The van der Waals surface area contributed by atoms with Crippen molar-refractivity contribution in [2.24, 2.45) is 17.8 Å². The maximum atomic E-state index is 11.6. The van der Waals surface area contributed by atoms with Gasteiger partial charge in [-0.15, -0.1) is 0 Å². The van der Waals surface area contributed by atoms with Crippen LogP contribution in [0.1, 0.15) is 110 Å². The van der Waals surface area contributed by atoms with E-state index in [9.17, 15) is 25.3 Å². The number of nitro groups is 2. The van der Waals surface area contributed by atoms with Crippen LogP contribution in [0.15, 0.2) is 0 Å². The third-order valence-corrected chi connectivity index (χ3v) is 7.60. The standard InChI is InChI=1S/C27H44N2O6/c1-18(2)10-7-11-19(3)12-8-13-20(4)14-9-16-27(6)17-15-22-24(29(33)34)25(30)23(28(31)32)21(5)26(22)35-27/h18-20,30H,7-17H2,1-6H3/t19-,20-,27-/m1/s1. The quantitative estimate of drug-likeness (QED) is 0.207. The third-order valence-electron chi connectivity index (χ3n) is 7.60. The summed E-state index contributed by atoms with van der Waals surface area (Å²) in [7, 11) is 0. The van der Waals surface area contributed by atoms with Crippen LogP contribution < -0.4 is 4.74 Å². The molecule has 0 aliphatic carbocycles. The van der Waals surface area contributed by atoms with Gasteiger partial charge in [0, 0.05) is 0 Å². The van der Waals surface area contributed by atoms with Crippen molar-refractivity contribution in [2.45, 2.75) is 118 Å². The molecule has 0 aromatic heterocycles. The predicted octanol–water partition coefficient (Wildman–Crippen LogP) is 8.04. The van der Waals surface area contributed by atoms with Gasteiger partial charge in [-0.2, -0.15) is 0 Å². The van der Waals surface area contributed by atoms with E-state index in [-0.39, 0.29) is 16.9 Å². The lowest BCUT2D eigenvalue weighted by Gasteiger charge is -2.36. The Bertz CT molecular complexity index is 900. The molecule has 1 aliphatic rings. The van der Waals surface area contributed by atoms with Crippen LogP contribution in [0.2, 0.25) is 0 Å². The Morgan fingerprint density at radius 1 is 0.914 bits per heavy atom. The summed E-state index contributed by atoms with van der Waals surface area (Å²) in [6.07, 6.45) is 11.5. The fourth-order valence-corrected chi connectivity index (χ4v) is 5.33. The van der Waals surface area contributed by atoms with Crippen LogP contribution in [-0.2, 0) is 6.42 Å². The van der Waals surface area contributed by atoms with E-state index in [1.807, 2.05) is 6.92 Å². The summed E-state index contributed by atoms with van der Waals surface area (Å²) in [5.74, 6) is 1.50. The molecule has 0 saturated heterocycles. The summed E-state index contributed by atoms with van der Waals surface area (Å²) in [6, 6.07) is 0. The van der Waals surface area contributed by atoms with E-state index in [1.165, 1.54) is 45.4 Å². The Balaban J connectivity index is 1.91. The van der Waals surface area contributed by atoms with Gasteiger partial charge in [-0.05, 0) is 57.3 Å². The third kappa shape index (κ3) is 7.80. The Hall–Kier alpha value is -2.38. The number of phenolic OH excluding ortho intramolecular Hbond substituents is 1. The first-order chi connectivity index (χ1) is 16.4. The molecular weight excluding hydrogens is 448 g/mol. The van der Waals surface area contributed by atoms with Gasteiger partial charge in [0.1, 0.15) is 11.4 Å². The van der Waals surface area contributed by atoms with Crippen molar-refractivity contribution >= 4 is 11.4 Å². The van der Waals surface area contributed by atoms with E-state index in [1.54, 1.807) is 0 Å². The topological polar surface area (TPSA) is 116 Å². The van der Waals surface area contributed by atoms with Gasteiger partial charge in [-0.1, -0.05) is 72.6 Å². The number of phenols is 1. The minimum Gasteiger partial charge on any atom is -0.497 e. The Morgan fingerprint density at radius 3 is 1.94 bits per heavy atom. The van der Waals surface area contributed by atoms with E-state index >= 15 is 0 Å². The second-order valence-corrected chi connectivity index (χ2v) is 11.4. The number of aromatic hydroxyl groups is 1. The molecule has 0 unspecified atom stereocenters. The van der Waals surface area contributed by atoms with E-state index in [2.05, 4.69) is 27.7 Å². The van der Waals surface area contributed by atoms with E-state index in [0.717, 1.165) is 31.1 Å². The molecule has 1 N–H and O–H groups in total. The monoisotopic (exact) mass is 492 g/mol. The van der Waals surface area contributed by atoms with Gasteiger partial charge >= 0.3 is 11.4 Å². The molecule has 0 spiro atoms. The summed E-state index contributed by atoms with van der Waals surface area (Å²) in [4.78, 5) is 21.5. The second kappa shape index (κ2) is 12.5. The molecule has 0 bridgehead atoms. The number of hydrogen-bond donors (Lipinski definition) is 1. The Labute approximate surface area is 209 Å². The smallest absolute Gasteiger partial charge is 0.324 e. The zero-order chi connectivity index (χ0) is 26.3. The highest BCUT2D eigenvalue weighted by atomic mass is 16.6. The van der Waals surface area contributed by atoms with Crippen molar-refractivity contribution in [1.29, 1.82) is 0 Å². The summed E-state index contributed by atoms with van der Waals surface area (Å²) in [6.45, 7) is 12.7. The molecule has 0 amide bonds. The number of nitro benzene ring substituents is 2. The lowest BCUT2D eigenvalue weighted by Crippen LogP contribution is -2.37. The van der Waals surface area contributed by atoms with Crippen LogP contribution >= 0.6 is 0 Å². The minimum absolute atomic E-state index is 0.148. The fraction of sp³-hybridized carbons (Fsp3) is 0.778. The van der Waals surface area contributed by atoms with Crippen LogP contribution in [-0.4, -0.2) is 20.6 Å². The van der Waals surface area contributed by atoms with E-state index in [4.69, 9.17) is 4.74 Å². The molecule has 8 heteroatoms. The molecule has 2 rings (SSSR count). The van der Waals surface area contributed by atoms with Gasteiger partial charge in [-0.3, -0.25) is 20.2 Å². The minimum atomic E-state index is -0.883. The summed E-state index contributed by atoms with van der Waals surface area (Å²) >= 11 is 0. The van der Waals surface area contributed by atoms with Crippen LogP contribution in [0.3, 0.4) is 0 Å². The van der Waals surface area contributed by atoms with Crippen LogP contribution in [0, 0.1) is 44.9 Å². The van der Waals surface area contributed by atoms with Gasteiger partial charge in [0.15, 0.2) is 0 Å². The van der Waals surface area contributed by atoms with Crippen LogP contribution in [0.25, 0.3) is 0 Å². The van der Waals surface area contributed by atoms with Gasteiger partial charge in [0.05, 0.1) is 21.0 Å². The Kier molecular flexibility index (Phi) is 10.3. The molecule has 198 valence electrons. The first kappa shape index (κ1) is 28.9. The molecule has 0 fully saturated rings. The molecule has 3 atom stereocenters. The second-order valence-electron chi connectivity index (χ2n) is 11.4. The molecular formula is C27H44N2O6. The van der Waals surface area contributed by atoms with Crippen LogP contribution in [0.4, 0.5) is 11.4 Å². The highest BCUT2D eigenvalue weighted by molar-refractivity contribution is 5.73. The average Bonchev–Trinajstić information content (AvgIpc) is 2.73. The molecule has 35 heavy (non-hydrogen) atoms. The average molecular weight is 493 g/mol. The zero-order valence-corrected chi connectivity index (χ0v) is 22.4. The van der Waals surface area contributed by atoms with Gasteiger partial charge in [-0.25, -0.2) is 0 Å². The lowest BCUT2D eigenvalue weighted by atomic mass is 9.85. The number of nitrogens with zero attached hydrogens (tertiary/aromatic N) is 2. The zero-order valence-electron chi connectivity index (χ0n) is 22.4. The number of fused-ring (bicyclic) bond motifs is 1. The summed E-state index contributed by atoms with van der Waals surface area (Å²) in [5, 5.41) is 33.3. The van der Waals surface area contributed by atoms with Gasteiger partial charge < -0.3 is 9.84 Å². The summed E-state index contributed by atoms with van der Waals surface area (Å²) < 4.78 is 6.22. The Morgan fingerprint density at radius 2 is 1.43 bits per heavy atom. The van der Waals surface area contributed by atoms with Crippen LogP contribution in [0.5, 0.6) is 11.5 Å². The highest BCUT2D eigenvalue weighted by Crippen LogP contribution is 2.51. The molecule has 8 nitrogen and oxygen atoms in total. The fourth-order valence-electron chi connectivity index (χ4n) is 5.33. The van der Waals surface area contributed by atoms with Gasteiger partial charge in [0.25, 0.3) is 5.75 Å². The largest absolute Gasteiger partial charge is 0.497 e. The first-order valence-corrected chi connectivity index (χ1v) is 13.2. The molecule has 1 aliphatic heterocycles. The normalized spacial score (nSPS) is 19.2. The van der Waals surface area contributed by atoms with E-state index in [0.29, 0.717) is 18.8 Å². The molecule has 1 aromatic rings. The summed E-state index contributed by atoms with van der Waals surface area (Å²) in [5.41, 5.74) is -1.39. The SMILES string of the molecule is Cc1c2c(c([N+](=O)[O-])c(O)c1[N+](=O)[O-])CC[C@@](C)(CCC[C@H](C)CCC[C@H](C)CCCC(C)C)O2. The maximum Gasteiger partial charge on any atom is 0.324 e. The molecule has 1 heterocycles. The van der Waals surface area contributed by atoms with Gasteiger partial charge in [0.2, 0.25) is 0 Å². The number of ether oxygens (including phenoxy) is 1. The maximum absolute atomic E-state index is 11.6. The number of rotatable bonds is 14.